The van der Waals surface area contributed by atoms with E-state index >= 15 is 0 Å². The second-order valence-electron chi connectivity index (χ2n) is 5.37. The van der Waals surface area contributed by atoms with Crippen LogP contribution in [0, 0.1) is 0 Å². The van der Waals surface area contributed by atoms with Crippen LogP contribution in [0.4, 0.5) is 0 Å². The second kappa shape index (κ2) is 9.79. The number of nitrogens with one attached hydrogen (secondary N) is 1. The average Bonchev–Trinajstić information content (AvgIpc) is 2.64. The van der Waals surface area contributed by atoms with Crippen LogP contribution < -0.4 is 19.5 Å². The molecule has 0 aliphatic heterocycles. The molecule has 0 fully saturated rings. The highest BCUT2D eigenvalue weighted by molar-refractivity contribution is 6.30. The second-order valence-corrected chi connectivity index (χ2v) is 5.81. The van der Waals surface area contributed by atoms with Gasteiger partial charge in [0.15, 0.2) is 11.5 Å². The maximum atomic E-state index is 11.9. The third-order valence-corrected chi connectivity index (χ3v) is 3.82. The van der Waals surface area contributed by atoms with E-state index in [2.05, 4.69) is 5.32 Å². The van der Waals surface area contributed by atoms with Crippen molar-refractivity contribution in [2.45, 2.75) is 19.4 Å². The zero-order valence-corrected chi connectivity index (χ0v) is 15.1. The number of halogens is 1. The first-order chi connectivity index (χ1) is 12.1. The van der Waals surface area contributed by atoms with Gasteiger partial charge in [0.2, 0.25) is 5.91 Å². The number of rotatable bonds is 9. The SMILES string of the molecule is COc1ccc(CNC(=O)CCCOc2ccc(Cl)cc2)cc1OC. The first-order valence-electron chi connectivity index (χ1n) is 7.98. The van der Waals surface area contributed by atoms with Crippen molar-refractivity contribution in [1.29, 1.82) is 0 Å². The fourth-order valence-electron chi connectivity index (χ4n) is 2.23. The summed E-state index contributed by atoms with van der Waals surface area (Å²) in [5.41, 5.74) is 0.948. The number of hydrogen-bond acceptors (Lipinski definition) is 4. The average molecular weight is 364 g/mol. The van der Waals surface area contributed by atoms with Gasteiger partial charge in [0, 0.05) is 18.0 Å². The third-order valence-electron chi connectivity index (χ3n) is 3.57. The van der Waals surface area contributed by atoms with Gasteiger partial charge in [-0.2, -0.15) is 0 Å². The Balaban J connectivity index is 1.69. The molecule has 5 nitrogen and oxygen atoms in total. The monoisotopic (exact) mass is 363 g/mol. The molecule has 0 atom stereocenters. The maximum absolute atomic E-state index is 11.9. The number of carbonyl (C=O) groups is 1. The molecule has 0 aliphatic rings. The summed E-state index contributed by atoms with van der Waals surface area (Å²) in [6.45, 7) is 0.919. The van der Waals surface area contributed by atoms with E-state index in [-0.39, 0.29) is 5.91 Å². The van der Waals surface area contributed by atoms with Gasteiger partial charge in [0.25, 0.3) is 0 Å². The van der Waals surface area contributed by atoms with Gasteiger partial charge in [-0.15, -0.1) is 0 Å². The molecule has 0 heterocycles. The lowest BCUT2D eigenvalue weighted by Gasteiger charge is -2.10. The van der Waals surface area contributed by atoms with E-state index < -0.39 is 0 Å². The minimum Gasteiger partial charge on any atom is -0.494 e. The summed E-state index contributed by atoms with van der Waals surface area (Å²) >= 11 is 5.81. The molecule has 0 aromatic heterocycles. The summed E-state index contributed by atoms with van der Waals surface area (Å²) < 4.78 is 16.0. The predicted molar refractivity (Wildman–Crippen MR) is 97.6 cm³/mol. The number of methoxy groups -OCH3 is 2. The van der Waals surface area contributed by atoms with E-state index in [0.717, 1.165) is 11.3 Å². The summed E-state index contributed by atoms with van der Waals surface area (Å²) in [5.74, 6) is 2.03. The van der Waals surface area contributed by atoms with E-state index in [1.807, 2.05) is 18.2 Å². The Bertz CT molecular complexity index is 688. The van der Waals surface area contributed by atoms with E-state index in [1.54, 1.807) is 38.5 Å². The molecule has 0 saturated heterocycles. The Morgan fingerprint density at radius 2 is 1.76 bits per heavy atom. The summed E-state index contributed by atoms with van der Waals surface area (Å²) in [5, 5.41) is 3.55. The Hall–Kier alpha value is -2.40. The third kappa shape index (κ3) is 6.19. The Morgan fingerprint density at radius 1 is 1.04 bits per heavy atom. The summed E-state index contributed by atoms with van der Waals surface area (Å²) in [6.07, 6.45) is 1.04. The molecule has 0 radical (unpaired) electrons. The lowest BCUT2D eigenvalue weighted by molar-refractivity contribution is -0.121. The molecule has 25 heavy (non-hydrogen) atoms. The molecule has 2 aromatic carbocycles. The van der Waals surface area contributed by atoms with Crippen LogP contribution in [-0.2, 0) is 11.3 Å². The van der Waals surface area contributed by atoms with Gasteiger partial charge in [0.1, 0.15) is 5.75 Å². The van der Waals surface area contributed by atoms with Crippen molar-refractivity contribution in [1.82, 2.24) is 5.32 Å². The number of ether oxygens (including phenoxy) is 3. The van der Waals surface area contributed by atoms with Gasteiger partial charge < -0.3 is 19.5 Å². The minimum absolute atomic E-state index is 0.0190. The molecule has 6 heteroatoms. The van der Waals surface area contributed by atoms with E-state index in [1.165, 1.54) is 0 Å². The molecule has 1 N–H and O–H groups in total. The van der Waals surface area contributed by atoms with Crippen molar-refractivity contribution in [3.05, 3.63) is 53.1 Å². The smallest absolute Gasteiger partial charge is 0.220 e. The van der Waals surface area contributed by atoms with Gasteiger partial charge in [-0.1, -0.05) is 17.7 Å². The van der Waals surface area contributed by atoms with Crippen molar-refractivity contribution < 1.29 is 19.0 Å². The van der Waals surface area contributed by atoms with Crippen LogP contribution >= 0.6 is 11.6 Å². The van der Waals surface area contributed by atoms with Crippen molar-refractivity contribution in [2.75, 3.05) is 20.8 Å². The molecule has 2 rings (SSSR count). The van der Waals surface area contributed by atoms with Crippen molar-refractivity contribution in [3.8, 4) is 17.2 Å². The molecular weight excluding hydrogens is 342 g/mol. The molecule has 0 bridgehead atoms. The molecule has 0 saturated carbocycles. The highest BCUT2D eigenvalue weighted by Gasteiger charge is 2.06. The largest absolute Gasteiger partial charge is 0.494 e. The Kier molecular flexibility index (Phi) is 7.41. The van der Waals surface area contributed by atoms with Crippen LogP contribution in [0.2, 0.25) is 5.02 Å². The lowest BCUT2D eigenvalue weighted by atomic mass is 10.2. The Labute approximate surface area is 152 Å². The number of carbonyl (C=O) groups excluding carboxylic acids is 1. The highest BCUT2D eigenvalue weighted by atomic mass is 35.5. The van der Waals surface area contributed by atoms with Crippen molar-refractivity contribution in [3.63, 3.8) is 0 Å². The highest BCUT2D eigenvalue weighted by Crippen LogP contribution is 2.27. The van der Waals surface area contributed by atoms with Gasteiger partial charge in [-0.05, 0) is 48.4 Å². The lowest BCUT2D eigenvalue weighted by Crippen LogP contribution is -2.23. The van der Waals surface area contributed by atoms with E-state index in [9.17, 15) is 4.79 Å². The van der Waals surface area contributed by atoms with Crippen LogP contribution in [0.1, 0.15) is 18.4 Å². The zero-order chi connectivity index (χ0) is 18.1. The summed E-state index contributed by atoms with van der Waals surface area (Å²) in [7, 11) is 3.17. The first kappa shape index (κ1) is 18.9. The van der Waals surface area contributed by atoms with E-state index in [4.69, 9.17) is 25.8 Å². The minimum atomic E-state index is -0.0190. The number of hydrogen-bond donors (Lipinski definition) is 1. The number of benzene rings is 2. The van der Waals surface area contributed by atoms with Crippen LogP contribution in [-0.4, -0.2) is 26.7 Å². The standard InChI is InChI=1S/C19H22ClNO4/c1-23-17-10-5-14(12-18(17)24-2)13-21-19(22)4-3-11-25-16-8-6-15(20)7-9-16/h5-10,12H,3-4,11,13H2,1-2H3,(H,21,22). The molecule has 2 aromatic rings. The van der Waals surface area contributed by atoms with Gasteiger partial charge in [0.05, 0.1) is 20.8 Å². The van der Waals surface area contributed by atoms with Gasteiger partial charge in [-0.3, -0.25) is 4.79 Å². The molecule has 0 spiro atoms. The van der Waals surface area contributed by atoms with Crippen molar-refractivity contribution >= 4 is 17.5 Å². The maximum Gasteiger partial charge on any atom is 0.220 e. The first-order valence-corrected chi connectivity index (χ1v) is 8.36. The van der Waals surface area contributed by atoms with Crippen LogP contribution in [0.15, 0.2) is 42.5 Å². The molecule has 1 amide bonds. The quantitative estimate of drug-likeness (QED) is 0.688. The predicted octanol–water partition coefficient (Wildman–Crippen LogP) is 3.83. The number of amides is 1. The van der Waals surface area contributed by atoms with E-state index in [0.29, 0.717) is 42.5 Å². The van der Waals surface area contributed by atoms with Gasteiger partial charge in [-0.25, -0.2) is 0 Å². The fraction of sp³-hybridized carbons (Fsp3) is 0.316. The summed E-state index contributed by atoms with van der Waals surface area (Å²) in [6, 6.07) is 12.7. The Morgan fingerprint density at radius 3 is 2.44 bits per heavy atom. The van der Waals surface area contributed by atoms with Gasteiger partial charge >= 0.3 is 0 Å². The van der Waals surface area contributed by atoms with Crippen LogP contribution in [0.5, 0.6) is 17.2 Å². The topological polar surface area (TPSA) is 56.8 Å². The van der Waals surface area contributed by atoms with Crippen LogP contribution in [0.25, 0.3) is 0 Å². The van der Waals surface area contributed by atoms with Crippen LogP contribution in [0.3, 0.4) is 0 Å². The fourth-order valence-corrected chi connectivity index (χ4v) is 2.36. The molecule has 0 unspecified atom stereocenters. The zero-order valence-electron chi connectivity index (χ0n) is 14.4. The molecule has 134 valence electrons. The van der Waals surface area contributed by atoms with Crippen molar-refractivity contribution in [2.24, 2.45) is 0 Å². The molecular formula is C19H22ClNO4. The molecule has 0 aliphatic carbocycles. The summed E-state index contributed by atoms with van der Waals surface area (Å²) in [4.78, 5) is 11.9. The normalized spacial score (nSPS) is 10.2.